The predicted molar refractivity (Wildman–Crippen MR) is 72.5 cm³/mol. The van der Waals surface area contributed by atoms with Crippen LogP contribution in [0.5, 0.6) is 0 Å². The molecule has 0 aromatic heterocycles. The zero-order valence-electron chi connectivity index (χ0n) is 11.5. The minimum absolute atomic E-state index is 0. The fraction of sp³-hybridized carbons (Fsp3) is 1.00. The van der Waals surface area contributed by atoms with Gasteiger partial charge in [0, 0.05) is 0 Å². The Hall–Kier alpha value is -0.170. The van der Waals surface area contributed by atoms with Crippen molar-refractivity contribution in [3.63, 3.8) is 0 Å². The summed E-state index contributed by atoms with van der Waals surface area (Å²) < 4.78 is 34.5. The van der Waals surface area contributed by atoms with Gasteiger partial charge in [-0.2, -0.15) is 0 Å². The first-order valence-corrected chi connectivity index (χ1v) is 8.00. The van der Waals surface area contributed by atoms with E-state index in [1.165, 1.54) is 44.9 Å². The average Bonchev–Trinajstić information content (AvgIpc) is 2.24. The molecule has 3 N–H and O–H groups in total. The molecule has 0 heterocycles. The van der Waals surface area contributed by atoms with Gasteiger partial charge < -0.3 is 10.7 Å². The lowest BCUT2D eigenvalue weighted by molar-refractivity contribution is 0.255. The topological polar surface area (TPSA) is 101 Å². The van der Waals surface area contributed by atoms with E-state index < -0.39 is 10.4 Å². The number of unbranched alkanes of at least 4 members (excludes halogenated alkanes) is 9. The van der Waals surface area contributed by atoms with Crippen molar-refractivity contribution >= 4 is 10.4 Å². The molecule has 0 aromatic rings. The molecule has 0 aliphatic carbocycles. The van der Waals surface area contributed by atoms with Crippen LogP contribution in [0.2, 0.25) is 0 Å². The molecule has 6 heteroatoms. The van der Waals surface area contributed by atoms with Gasteiger partial charge in [0.15, 0.2) is 0 Å². The van der Waals surface area contributed by atoms with Gasteiger partial charge in [0.25, 0.3) is 0 Å². The number of rotatable bonds is 12. The molecule has 18 heavy (non-hydrogen) atoms. The van der Waals surface area contributed by atoms with Crippen molar-refractivity contribution in [3.05, 3.63) is 0 Å². The van der Waals surface area contributed by atoms with Gasteiger partial charge in [0.1, 0.15) is 0 Å². The molecule has 0 atom stereocenters. The summed E-state index contributed by atoms with van der Waals surface area (Å²) in [6, 6.07) is 0. The first-order valence-electron chi connectivity index (χ1n) is 6.66. The van der Waals surface area contributed by atoms with E-state index in [4.69, 9.17) is 0 Å². The smallest absolute Gasteiger partial charge is 0.217 e. The maximum Gasteiger partial charge on any atom is 0.217 e. The molecule has 112 valence electrons. The van der Waals surface area contributed by atoms with Crippen molar-refractivity contribution in [1.82, 2.24) is 6.15 Å². The summed E-state index contributed by atoms with van der Waals surface area (Å²) in [4.78, 5) is 0. The molecule has 0 bridgehead atoms. The third kappa shape index (κ3) is 18.2. The van der Waals surface area contributed by atoms with Crippen LogP contribution in [0.25, 0.3) is 0 Å². The van der Waals surface area contributed by atoms with Crippen LogP contribution in [0, 0.1) is 0 Å². The highest BCUT2D eigenvalue weighted by Gasteiger charge is 1.95. The van der Waals surface area contributed by atoms with Crippen molar-refractivity contribution in [2.24, 2.45) is 0 Å². The van der Waals surface area contributed by atoms with Crippen LogP contribution in [0.15, 0.2) is 0 Å². The summed E-state index contributed by atoms with van der Waals surface area (Å²) in [5.74, 6) is 0. The summed E-state index contributed by atoms with van der Waals surface area (Å²) in [6.07, 6.45) is 11.7. The molecule has 5 nitrogen and oxygen atoms in total. The lowest BCUT2D eigenvalue weighted by Gasteiger charge is -2.06. The second kappa shape index (κ2) is 13.3. The van der Waals surface area contributed by atoms with Gasteiger partial charge in [-0.3, -0.25) is 4.18 Å². The fourth-order valence-electron chi connectivity index (χ4n) is 1.75. The van der Waals surface area contributed by atoms with Gasteiger partial charge >= 0.3 is 0 Å². The number of hydrogen-bond acceptors (Lipinski definition) is 5. The molecule has 0 aromatic carbocycles. The Bertz CT molecular complexity index is 255. The van der Waals surface area contributed by atoms with Crippen molar-refractivity contribution in [1.29, 1.82) is 0 Å². The summed E-state index contributed by atoms with van der Waals surface area (Å²) in [5, 5.41) is 0. The van der Waals surface area contributed by atoms with E-state index in [2.05, 4.69) is 11.1 Å². The Morgan fingerprint density at radius 2 is 1.22 bits per heavy atom. The SMILES string of the molecule is CCCCCCCCCCCCOS(=O)(=O)[O-].N. The Morgan fingerprint density at radius 1 is 0.833 bits per heavy atom. The Morgan fingerprint density at radius 3 is 1.61 bits per heavy atom. The van der Waals surface area contributed by atoms with Crippen molar-refractivity contribution in [2.45, 2.75) is 71.1 Å². The van der Waals surface area contributed by atoms with E-state index in [9.17, 15) is 13.0 Å². The average molecular weight is 282 g/mol. The van der Waals surface area contributed by atoms with Crippen molar-refractivity contribution in [3.8, 4) is 0 Å². The first kappa shape index (κ1) is 20.2. The van der Waals surface area contributed by atoms with E-state index in [0.717, 1.165) is 12.8 Å². The summed E-state index contributed by atoms with van der Waals surface area (Å²) in [7, 11) is -4.48. The molecule has 0 fully saturated rings. The molecular formula is C12H28NO4S-. The Balaban J connectivity index is 0. The molecule has 0 rings (SSSR count). The highest BCUT2D eigenvalue weighted by atomic mass is 32.3. The quantitative estimate of drug-likeness (QED) is 0.335. The van der Waals surface area contributed by atoms with Crippen LogP contribution in [0.3, 0.4) is 0 Å². The molecule has 0 unspecified atom stereocenters. The summed E-state index contributed by atoms with van der Waals surface area (Å²) in [5.41, 5.74) is 0. The lowest BCUT2D eigenvalue weighted by Crippen LogP contribution is -2.05. The summed E-state index contributed by atoms with van der Waals surface area (Å²) in [6.45, 7) is 2.24. The number of hydrogen-bond donors (Lipinski definition) is 1. The van der Waals surface area contributed by atoms with Crippen LogP contribution in [0.4, 0.5) is 0 Å². The Labute approximate surface area is 112 Å². The van der Waals surface area contributed by atoms with Gasteiger partial charge in [-0.15, -0.1) is 0 Å². The molecular weight excluding hydrogens is 254 g/mol. The van der Waals surface area contributed by atoms with Crippen molar-refractivity contribution < 1.29 is 17.2 Å². The highest BCUT2D eigenvalue weighted by molar-refractivity contribution is 7.80. The normalized spacial score (nSPS) is 11.2. The maximum atomic E-state index is 10.1. The van der Waals surface area contributed by atoms with Gasteiger partial charge in [-0.05, 0) is 6.42 Å². The molecule has 0 spiro atoms. The Kier molecular flexibility index (Phi) is 14.9. The van der Waals surface area contributed by atoms with Crippen LogP contribution in [-0.4, -0.2) is 19.6 Å². The largest absolute Gasteiger partial charge is 0.726 e. The zero-order valence-corrected chi connectivity index (χ0v) is 12.3. The van der Waals surface area contributed by atoms with Crippen LogP contribution in [0.1, 0.15) is 71.1 Å². The third-order valence-electron chi connectivity index (χ3n) is 2.73. The second-order valence-electron chi connectivity index (χ2n) is 4.41. The molecule has 0 saturated heterocycles. The minimum Gasteiger partial charge on any atom is -0.726 e. The van der Waals surface area contributed by atoms with Crippen LogP contribution < -0.4 is 6.15 Å². The van der Waals surface area contributed by atoms with E-state index >= 15 is 0 Å². The van der Waals surface area contributed by atoms with Gasteiger partial charge in [0.2, 0.25) is 10.4 Å². The third-order valence-corrected chi connectivity index (χ3v) is 3.18. The summed E-state index contributed by atoms with van der Waals surface area (Å²) >= 11 is 0. The van der Waals surface area contributed by atoms with E-state index in [0.29, 0.717) is 6.42 Å². The fourth-order valence-corrected chi connectivity index (χ4v) is 2.07. The molecule has 0 aliphatic heterocycles. The second-order valence-corrected chi connectivity index (χ2v) is 5.46. The highest BCUT2D eigenvalue weighted by Crippen LogP contribution is 2.10. The van der Waals surface area contributed by atoms with Gasteiger partial charge in [-0.25, -0.2) is 8.42 Å². The van der Waals surface area contributed by atoms with Crippen LogP contribution in [-0.2, 0) is 14.6 Å². The van der Waals surface area contributed by atoms with E-state index in [1.807, 2.05) is 0 Å². The standard InChI is InChI=1S/C12H26O4S.H3N/c1-2-3-4-5-6-7-8-9-10-11-12-16-17(13,14)15;/h2-12H2,1H3,(H,13,14,15);1H3/p-1. The molecule has 0 radical (unpaired) electrons. The van der Waals surface area contributed by atoms with Gasteiger partial charge in [0.05, 0.1) is 6.61 Å². The molecule has 0 saturated carbocycles. The predicted octanol–water partition coefficient (Wildman–Crippen LogP) is 3.55. The maximum absolute atomic E-state index is 10.1. The monoisotopic (exact) mass is 282 g/mol. The first-order chi connectivity index (χ1) is 8.06. The lowest BCUT2D eigenvalue weighted by atomic mass is 10.1. The molecule has 0 amide bonds. The van der Waals surface area contributed by atoms with Gasteiger partial charge in [-0.1, -0.05) is 64.7 Å². The molecule has 0 aliphatic rings. The van der Waals surface area contributed by atoms with E-state index in [1.54, 1.807) is 0 Å². The van der Waals surface area contributed by atoms with Crippen LogP contribution >= 0.6 is 0 Å². The van der Waals surface area contributed by atoms with Crippen molar-refractivity contribution in [2.75, 3.05) is 6.61 Å². The minimum atomic E-state index is -4.48. The zero-order chi connectivity index (χ0) is 13.0. The van der Waals surface area contributed by atoms with E-state index in [-0.39, 0.29) is 12.8 Å².